The lowest BCUT2D eigenvalue weighted by Gasteiger charge is -2.18. The second-order valence-corrected chi connectivity index (χ2v) is 7.72. The third kappa shape index (κ3) is 4.89. The van der Waals surface area contributed by atoms with Gasteiger partial charge in [-0.2, -0.15) is 5.10 Å². The van der Waals surface area contributed by atoms with Gasteiger partial charge in [-0.25, -0.2) is 5.43 Å². The molecule has 23 heavy (non-hydrogen) atoms. The van der Waals surface area contributed by atoms with Gasteiger partial charge in [-0.15, -0.1) is 0 Å². The first-order valence-electron chi connectivity index (χ1n) is 7.48. The molecule has 120 valence electrons. The zero-order chi connectivity index (χ0) is 17.0. The van der Waals surface area contributed by atoms with Crippen molar-refractivity contribution in [1.29, 1.82) is 0 Å². The molecule has 0 aliphatic rings. The lowest BCUT2D eigenvalue weighted by Crippen LogP contribution is -2.20. The zero-order valence-electron chi connectivity index (χ0n) is 13.9. The highest BCUT2D eigenvalue weighted by Crippen LogP contribution is 2.22. The van der Waals surface area contributed by atoms with E-state index in [1.807, 2.05) is 55.5 Å². The van der Waals surface area contributed by atoms with Crippen molar-refractivity contribution in [3.63, 3.8) is 0 Å². The van der Waals surface area contributed by atoms with E-state index >= 15 is 0 Å². The largest absolute Gasteiger partial charge is 0.271 e. The Morgan fingerprint density at radius 3 is 2.26 bits per heavy atom. The van der Waals surface area contributed by atoms with Crippen LogP contribution in [0.3, 0.4) is 0 Å². The minimum Gasteiger partial charge on any atom is -0.267 e. The lowest BCUT2D eigenvalue weighted by atomic mass is 9.87. The standard InChI is InChI=1S/C19H21IN2O/c1-13(15-6-5-7-17(20)12-15)21-22-18(23)14-8-10-16(11-9-14)19(2,3)4/h5-12H,1-4H3,(H,22,23)/b21-13+. The van der Waals surface area contributed by atoms with Crippen molar-refractivity contribution < 1.29 is 4.79 Å². The summed E-state index contributed by atoms with van der Waals surface area (Å²) in [6.45, 7) is 8.33. The summed E-state index contributed by atoms with van der Waals surface area (Å²) in [5.41, 5.74) is 6.29. The highest BCUT2D eigenvalue weighted by Gasteiger charge is 2.14. The molecule has 4 heteroatoms. The number of hydrogen-bond acceptors (Lipinski definition) is 2. The highest BCUT2D eigenvalue weighted by atomic mass is 127. The maximum atomic E-state index is 12.2. The van der Waals surface area contributed by atoms with Crippen molar-refractivity contribution in [2.45, 2.75) is 33.1 Å². The number of hydrogen-bond donors (Lipinski definition) is 1. The number of hydrazone groups is 1. The predicted molar refractivity (Wildman–Crippen MR) is 104 cm³/mol. The molecule has 0 fully saturated rings. The third-order valence-electron chi connectivity index (χ3n) is 3.58. The maximum absolute atomic E-state index is 12.2. The van der Waals surface area contributed by atoms with Gasteiger partial charge in [0, 0.05) is 9.13 Å². The predicted octanol–water partition coefficient (Wildman–Crippen LogP) is 4.74. The van der Waals surface area contributed by atoms with Crippen LogP contribution in [0.4, 0.5) is 0 Å². The number of benzene rings is 2. The molecule has 0 spiro atoms. The van der Waals surface area contributed by atoms with Crippen LogP contribution in [0.15, 0.2) is 53.6 Å². The van der Waals surface area contributed by atoms with Crippen LogP contribution in [0, 0.1) is 3.57 Å². The van der Waals surface area contributed by atoms with Gasteiger partial charge in [0.15, 0.2) is 0 Å². The molecule has 0 radical (unpaired) electrons. The van der Waals surface area contributed by atoms with E-state index in [0.717, 1.165) is 14.8 Å². The molecule has 1 amide bonds. The Hall–Kier alpha value is -1.69. The quantitative estimate of drug-likeness (QED) is 0.435. The third-order valence-corrected chi connectivity index (χ3v) is 4.25. The van der Waals surface area contributed by atoms with Crippen molar-refractivity contribution in [3.05, 3.63) is 68.8 Å². The van der Waals surface area contributed by atoms with Gasteiger partial charge in [-0.05, 0) is 70.3 Å². The average molecular weight is 420 g/mol. The summed E-state index contributed by atoms with van der Waals surface area (Å²) in [4.78, 5) is 12.2. The molecule has 2 rings (SSSR count). The highest BCUT2D eigenvalue weighted by molar-refractivity contribution is 14.1. The second-order valence-electron chi connectivity index (χ2n) is 6.48. The molecule has 2 aromatic carbocycles. The van der Waals surface area contributed by atoms with Gasteiger partial charge in [-0.1, -0.05) is 45.0 Å². The summed E-state index contributed by atoms with van der Waals surface area (Å²) in [5.74, 6) is -0.199. The fraction of sp³-hybridized carbons (Fsp3) is 0.263. The number of amides is 1. The summed E-state index contributed by atoms with van der Waals surface area (Å²) >= 11 is 2.26. The topological polar surface area (TPSA) is 41.5 Å². The monoisotopic (exact) mass is 420 g/mol. The average Bonchev–Trinajstić information content (AvgIpc) is 2.51. The van der Waals surface area contributed by atoms with Crippen LogP contribution in [0.5, 0.6) is 0 Å². The normalized spacial score (nSPS) is 12.1. The molecule has 2 aromatic rings. The molecule has 0 bridgehead atoms. The number of nitrogens with one attached hydrogen (secondary N) is 1. The van der Waals surface area contributed by atoms with Crippen LogP contribution in [-0.2, 0) is 5.41 Å². The molecule has 0 atom stereocenters. The van der Waals surface area contributed by atoms with E-state index in [2.05, 4.69) is 53.9 Å². The number of carbonyl (C=O) groups excluding carboxylic acids is 1. The van der Waals surface area contributed by atoms with Gasteiger partial charge in [-0.3, -0.25) is 4.79 Å². The van der Waals surface area contributed by atoms with Crippen molar-refractivity contribution in [3.8, 4) is 0 Å². The van der Waals surface area contributed by atoms with E-state index in [9.17, 15) is 4.79 Å². The molecule has 0 heterocycles. The molecule has 0 saturated carbocycles. The van der Waals surface area contributed by atoms with Gasteiger partial charge in [0.25, 0.3) is 5.91 Å². The van der Waals surface area contributed by atoms with Crippen LogP contribution in [0.25, 0.3) is 0 Å². The molecule has 0 aromatic heterocycles. The number of nitrogens with zero attached hydrogens (tertiary/aromatic N) is 1. The van der Waals surface area contributed by atoms with E-state index in [1.165, 1.54) is 5.56 Å². The van der Waals surface area contributed by atoms with E-state index in [1.54, 1.807) is 0 Å². The molecular weight excluding hydrogens is 399 g/mol. The Morgan fingerprint density at radius 1 is 1.04 bits per heavy atom. The van der Waals surface area contributed by atoms with Gasteiger partial charge in [0.1, 0.15) is 0 Å². The van der Waals surface area contributed by atoms with Crippen molar-refractivity contribution >= 4 is 34.2 Å². The molecular formula is C19H21IN2O. The van der Waals surface area contributed by atoms with Crippen molar-refractivity contribution in [2.24, 2.45) is 5.10 Å². The van der Waals surface area contributed by atoms with E-state index in [4.69, 9.17) is 0 Å². The first-order valence-corrected chi connectivity index (χ1v) is 8.56. The minimum absolute atomic E-state index is 0.0776. The Labute approximate surface area is 151 Å². The first kappa shape index (κ1) is 17.7. The molecule has 3 nitrogen and oxygen atoms in total. The Balaban J connectivity index is 2.08. The Bertz CT molecular complexity index is 728. The lowest BCUT2D eigenvalue weighted by molar-refractivity contribution is 0.0955. The van der Waals surface area contributed by atoms with Crippen LogP contribution in [0.1, 0.15) is 49.2 Å². The Morgan fingerprint density at radius 2 is 1.70 bits per heavy atom. The number of rotatable bonds is 3. The molecule has 0 aliphatic carbocycles. The maximum Gasteiger partial charge on any atom is 0.271 e. The summed E-state index contributed by atoms with van der Waals surface area (Å²) in [7, 11) is 0. The fourth-order valence-electron chi connectivity index (χ4n) is 2.10. The van der Waals surface area contributed by atoms with E-state index < -0.39 is 0 Å². The first-order chi connectivity index (χ1) is 10.8. The number of halogens is 1. The van der Waals surface area contributed by atoms with Crippen LogP contribution < -0.4 is 5.43 Å². The second kappa shape index (κ2) is 7.25. The Kier molecular flexibility index (Phi) is 5.57. The number of carbonyl (C=O) groups is 1. The summed E-state index contributed by atoms with van der Waals surface area (Å²) in [5, 5.41) is 4.20. The molecule has 0 aliphatic heterocycles. The smallest absolute Gasteiger partial charge is 0.267 e. The molecule has 0 saturated heterocycles. The van der Waals surface area contributed by atoms with E-state index in [-0.39, 0.29) is 11.3 Å². The molecule has 0 unspecified atom stereocenters. The van der Waals surface area contributed by atoms with Gasteiger partial charge in [0.2, 0.25) is 0 Å². The van der Waals surface area contributed by atoms with Crippen molar-refractivity contribution in [1.82, 2.24) is 5.43 Å². The molecule has 1 N–H and O–H groups in total. The summed E-state index contributed by atoms with van der Waals surface area (Å²) in [6, 6.07) is 15.7. The SMILES string of the molecule is C/C(=N\NC(=O)c1ccc(C(C)(C)C)cc1)c1cccc(I)c1. The van der Waals surface area contributed by atoms with E-state index in [0.29, 0.717) is 5.56 Å². The van der Waals surface area contributed by atoms with Crippen LogP contribution >= 0.6 is 22.6 Å². The fourth-order valence-corrected chi connectivity index (χ4v) is 2.64. The summed E-state index contributed by atoms with van der Waals surface area (Å²) < 4.78 is 1.14. The minimum atomic E-state index is -0.199. The van der Waals surface area contributed by atoms with Gasteiger partial charge >= 0.3 is 0 Å². The summed E-state index contributed by atoms with van der Waals surface area (Å²) in [6.07, 6.45) is 0. The van der Waals surface area contributed by atoms with Crippen molar-refractivity contribution in [2.75, 3.05) is 0 Å². The zero-order valence-corrected chi connectivity index (χ0v) is 16.0. The van der Waals surface area contributed by atoms with Crippen LogP contribution in [-0.4, -0.2) is 11.6 Å². The van der Waals surface area contributed by atoms with Gasteiger partial charge < -0.3 is 0 Å². The van der Waals surface area contributed by atoms with Gasteiger partial charge in [0.05, 0.1) is 5.71 Å². The van der Waals surface area contributed by atoms with Crippen LogP contribution in [0.2, 0.25) is 0 Å².